The summed E-state index contributed by atoms with van der Waals surface area (Å²) in [5, 5.41) is 6.20. The van der Waals surface area contributed by atoms with E-state index in [1.807, 2.05) is 24.3 Å². The van der Waals surface area contributed by atoms with E-state index in [-0.39, 0.29) is 11.8 Å². The number of hydrogen-bond acceptors (Lipinski definition) is 4. The first-order valence-corrected chi connectivity index (χ1v) is 21.2. The Hall–Kier alpha value is -2.70. The lowest BCUT2D eigenvalue weighted by molar-refractivity contribution is -0.117. The molecule has 0 saturated carbocycles. The molecule has 0 saturated heterocycles. The molecule has 0 aliphatic heterocycles. The van der Waals surface area contributed by atoms with E-state index in [4.69, 9.17) is 0 Å². The molecule has 288 valence electrons. The molecule has 6 nitrogen and oxygen atoms in total. The van der Waals surface area contributed by atoms with Crippen LogP contribution in [0.25, 0.3) is 0 Å². The first kappa shape index (κ1) is 44.5. The van der Waals surface area contributed by atoms with Crippen LogP contribution in [0, 0.1) is 0 Å². The van der Waals surface area contributed by atoms with Gasteiger partial charge in [0.15, 0.2) is 0 Å². The van der Waals surface area contributed by atoms with E-state index in [0.717, 1.165) is 69.9 Å². The Morgan fingerprint density at radius 3 is 1.00 bits per heavy atom. The molecule has 2 N–H and O–H groups in total. The smallest absolute Gasteiger partial charge is 0.224 e. The topological polar surface area (TPSA) is 64.7 Å². The Morgan fingerprint density at radius 1 is 0.412 bits per heavy atom. The van der Waals surface area contributed by atoms with E-state index in [1.54, 1.807) is 0 Å². The van der Waals surface area contributed by atoms with Crippen molar-refractivity contribution in [1.29, 1.82) is 0 Å². The fourth-order valence-electron chi connectivity index (χ4n) is 6.74. The van der Waals surface area contributed by atoms with Crippen molar-refractivity contribution in [3.63, 3.8) is 0 Å². The standard InChI is InChI=1S/C45H76N4O2/c1-5-9-13-17-33-48(34-18-14-10-6-2)37-21-23-44(50)46-42-29-25-40(26-30-42)39-41-27-31-43(32-28-41)47-45(51)24-22-38-49(35-19-15-11-7-3)36-20-16-12-8-4/h25-32H,5-24,33-39H2,1-4H3,(H,46,50)(H,47,51). The highest BCUT2D eigenvalue weighted by atomic mass is 16.2. The molecule has 0 radical (unpaired) electrons. The number of hydrogen-bond donors (Lipinski definition) is 2. The minimum absolute atomic E-state index is 0.0967. The number of benzene rings is 2. The van der Waals surface area contributed by atoms with Gasteiger partial charge in [-0.2, -0.15) is 0 Å². The molecule has 0 aliphatic carbocycles. The van der Waals surface area contributed by atoms with Gasteiger partial charge in [-0.1, -0.05) is 129 Å². The third-order valence-electron chi connectivity index (χ3n) is 9.95. The minimum atomic E-state index is 0.0967. The number of rotatable bonds is 32. The van der Waals surface area contributed by atoms with E-state index >= 15 is 0 Å². The Kier molecular flexibility index (Phi) is 26.0. The first-order valence-electron chi connectivity index (χ1n) is 21.2. The number of anilines is 2. The Morgan fingerprint density at radius 2 is 0.706 bits per heavy atom. The second-order valence-corrected chi connectivity index (χ2v) is 14.8. The molecule has 0 spiro atoms. The van der Waals surface area contributed by atoms with E-state index in [0.29, 0.717) is 12.8 Å². The van der Waals surface area contributed by atoms with Crippen LogP contribution in [0.2, 0.25) is 0 Å². The quantitative estimate of drug-likeness (QED) is 0.0744. The Labute approximate surface area is 313 Å². The van der Waals surface area contributed by atoms with Crippen LogP contribution >= 0.6 is 0 Å². The summed E-state index contributed by atoms with van der Waals surface area (Å²) < 4.78 is 0. The zero-order valence-electron chi connectivity index (χ0n) is 33.4. The van der Waals surface area contributed by atoms with Crippen LogP contribution in [0.5, 0.6) is 0 Å². The lowest BCUT2D eigenvalue weighted by Crippen LogP contribution is -2.28. The number of nitrogens with zero attached hydrogens (tertiary/aromatic N) is 2. The van der Waals surface area contributed by atoms with Crippen LogP contribution < -0.4 is 10.6 Å². The van der Waals surface area contributed by atoms with Crippen molar-refractivity contribution in [2.45, 2.75) is 163 Å². The summed E-state index contributed by atoms with van der Waals surface area (Å²) in [7, 11) is 0. The molecule has 2 amide bonds. The predicted molar refractivity (Wildman–Crippen MR) is 221 cm³/mol. The number of amides is 2. The highest BCUT2D eigenvalue weighted by Gasteiger charge is 2.10. The summed E-state index contributed by atoms with van der Waals surface area (Å²) in [6, 6.07) is 16.4. The molecule has 0 fully saturated rings. The van der Waals surface area contributed by atoms with Crippen molar-refractivity contribution in [1.82, 2.24) is 9.80 Å². The average molecular weight is 705 g/mol. The molecule has 0 atom stereocenters. The molecule has 0 bridgehead atoms. The summed E-state index contributed by atoms with van der Waals surface area (Å²) in [6.07, 6.45) is 24.3. The van der Waals surface area contributed by atoms with E-state index in [9.17, 15) is 9.59 Å². The molecule has 0 heterocycles. The van der Waals surface area contributed by atoms with Crippen molar-refractivity contribution in [2.75, 3.05) is 49.9 Å². The summed E-state index contributed by atoms with van der Waals surface area (Å²) in [5.41, 5.74) is 4.10. The van der Waals surface area contributed by atoms with Gasteiger partial charge in [0, 0.05) is 24.2 Å². The van der Waals surface area contributed by atoms with Gasteiger partial charge in [-0.25, -0.2) is 0 Å². The zero-order chi connectivity index (χ0) is 36.8. The highest BCUT2D eigenvalue weighted by Crippen LogP contribution is 2.17. The molecule has 51 heavy (non-hydrogen) atoms. The number of carbonyl (C=O) groups is 2. The lowest BCUT2D eigenvalue weighted by Gasteiger charge is -2.22. The Bertz CT molecular complexity index is 1020. The third kappa shape index (κ3) is 22.8. The number of carbonyl (C=O) groups excluding carboxylic acids is 2. The molecule has 0 aliphatic rings. The number of nitrogens with one attached hydrogen (secondary N) is 2. The molecule has 0 unspecified atom stereocenters. The van der Waals surface area contributed by atoms with Gasteiger partial charge < -0.3 is 20.4 Å². The van der Waals surface area contributed by atoms with Gasteiger partial charge in [0.2, 0.25) is 11.8 Å². The van der Waals surface area contributed by atoms with E-state index < -0.39 is 0 Å². The largest absolute Gasteiger partial charge is 0.326 e. The second kappa shape index (κ2) is 29.8. The summed E-state index contributed by atoms with van der Waals surface area (Å²) in [6.45, 7) is 15.7. The van der Waals surface area contributed by atoms with Crippen molar-refractivity contribution < 1.29 is 9.59 Å². The summed E-state index contributed by atoms with van der Waals surface area (Å²) in [5.74, 6) is 0.193. The van der Waals surface area contributed by atoms with Crippen molar-refractivity contribution in [3.05, 3.63) is 59.7 Å². The number of unbranched alkanes of at least 4 members (excludes halogenated alkanes) is 12. The van der Waals surface area contributed by atoms with E-state index in [1.165, 1.54) is 114 Å². The molecule has 2 rings (SSSR count). The molecular weight excluding hydrogens is 629 g/mol. The van der Waals surface area contributed by atoms with Gasteiger partial charge >= 0.3 is 0 Å². The zero-order valence-corrected chi connectivity index (χ0v) is 33.4. The molecule has 0 aromatic heterocycles. The van der Waals surface area contributed by atoms with Gasteiger partial charge in [0.25, 0.3) is 0 Å². The van der Waals surface area contributed by atoms with Crippen LogP contribution in [0.4, 0.5) is 11.4 Å². The maximum Gasteiger partial charge on any atom is 0.224 e. The average Bonchev–Trinajstić information content (AvgIpc) is 3.13. The van der Waals surface area contributed by atoms with Gasteiger partial charge in [0.05, 0.1) is 0 Å². The third-order valence-corrected chi connectivity index (χ3v) is 9.95. The maximum absolute atomic E-state index is 12.7. The van der Waals surface area contributed by atoms with Crippen LogP contribution in [0.1, 0.15) is 167 Å². The summed E-state index contributed by atoms with van der Waals surface area (Å²) >= 11 is 0. The van der Waals surface area contributed by atoms with Crippen LogP contribution in [-0.4, -0.2) is 60.9 Å². The van der Waals surface area contributed by atoms with Crippen molar-refractivity contribution in [3.8, 4) is 0 Å². The predicted octanol–water partition coefficient (Wildman–Crippen LogP) is 11.6. The van der Waals surface area contributed by atoms with Gasteiger partial charge in [-0.15, -0.1) is 0 Å². The lowest BCUT2D eigenvalue weighted by atomic mass is 10.0. The van der Waals surface area contributed by atoms with Crippen LogP contribution in [0.15, 0.2) is 48.5 Å². The van der Waals surface area contributed by atoms with Crippen LogP contribution in [0.3, 0.4) is 0 Å². The van der Waals surface area contributed by atoms with Gasteiger partial charge in [-0.3, -0.25) is 9.59 Å². The molecule has 2 aromatic rings. The van der Waals surface area contributed by atoms with Crippen molar-refractivity contribution in [2.24, 2.45) is 0 Å². The molecular formula is C45H76N4O2. The van der Waals surface area contributed by atoms with Gasteiger partial charge in [0.1, 0.15) is 0 Å². The molecule has 6 heteroatoms. The SMILES string of the molecule is CCCCCCN(CCCCCC)CCCC(=O)Nc1ccc(Cc2ccc(NC(=O)CCCN(CCCCCC)CCCCCC)cc2)cc1. The Balaban J connectivity index is 1.72. The van der Waals surface area contributed by atoms with E-state index in [2.05, 4.69) is 72.4 Å². The van der Waals surface area contributed by atoms with Crippen LogP contribution in [-0.2, 0) is 16.0 Å². The molecule has 2 aromatic carbocycles. The highest BCUT2D eigenvalue weighted by molar-refractivity contribution is 5.91. The monoisotopic (exact) mass is 705 g/mol. The minimum Gasteiger partial charge on any atom is -0.326 e. The fraction of sp³-hybridized carbons (Fsp3) is 0.689. The normalized spacial score (nSPS) is 11.4. The van der Waals surface area contributed by atoms with Gasteiger partial charge in [-0.05, 0) is 120 Å². The maximum atomic E-state index is 12.7. The first-order chi connectivity index (χ1) is 25.0. The summed E-state index contributed by atoms with van der Waals surface area (Å²) in [4.78, 5) is 30.6. The second-order valence-electron chi connectivity index (χ2n) is 14.8. The van der Waals surface area contributed by atoms with Crippen molar-refractivity contribution >= 4 is 23.2 Å². The fourth-order valence-corrected chi connectivity index (χ4v) is 6.74.